The summed E-state index contributed by atoms with van der Waals surface area (Å²) >= 11 is 0. The van der Waals surface area contributed by atoms with E-state index in [1.54, 1.807) is 0 Å². The van der Waals surface area contributed by atoms with Crippen LogP contribution in [0.4, 0.5) is 0 Å². The van der Waals surface area contributed by atoms with Gasteiger partial charge in [-0.15, -0.1) is 0 Å². The van der Waals surface area contributed by atoms with Crippen LogP contribution in [-0.2, 0) is 18.7 Å². The minimum Gasteiger partial charge on any atom is -1.00 e. The Morgan fingerprint density at radius 1 is 0.700 bits per heavy atom. The van der Waals surface area contributed by atoms with Gasteiger partial charge in [0.1, 0.15) is 0 Å². The van der Waals surface area contributed by atoms with E-state index in [2.05, 4.69) is 0 Å². The molecule has 0 atom stereocenters. The van der Waals surface area contributed by atoms with Crippen LogP contribution in [0.3, 0.4) is 0 Å². The Hall–Kier alpha value is 0.835. The van der Waals surface area contributed by atoms with Crippen LogP contribution in [-0.4, -0.2) is 30.6 Å². The van der Waals surface area contributed by atoms with Gasteiger partial charge in [0.15, 0.2) is 0 Å². The number of rotatable bonds is 9. The summed E-state index contributed by atoms with van der Waals surface area (Å²) in [6, 6.07) is 0. The quantitative estimate of drug-likeness (QED) is 0.187. The van der Waals surface area contributed by atoms with Crippen molar-refractivity contribution in [2.45, 2.75) is 38.5 Å². The maximum atomic E-state index is 10.8. The number of hydrogen-bond acceptors (Lipinski definition) is 4. The van der Waals surface area contributed by atoms with Gasteiger partial charge in [-0.2, -0.15) is 0 Å². The molecule has 0 aliphatic carbocycles. The van der Waals surface area contributed by atoms with Gasteiger partial charge in [-0.05, 0) is 12.8 Å². The predicted octanol–water partition coefficient (Wildman–Crippen LogP) is -5.03. The first-order valence-corrected chi connectivity index (χ1v) is 8.45. The van der Waals surface area contributed by atoms with Gasteiger partial charge in [0.2, 0.25) is 11.0 Å². The standard InChI is InChI=1S/C8H16O8P2.2Li.2H/c9-7(17(11,12)13)5-3-1-2-4-6-8(10)18(14,15)16;;;;/h1-6H2,(H2,11,12,13)(H2,14,15,16);;;;/q;2*+1;2*-1. The van der Waals surface area contributed by atoms with Crippen LogP contribution in [0.5, 0.6) is 0 Å². The van der Waals surface area contributed by atoms with Gasteiger partial charge >= 0.3 is 52.9 Å². The second kappa shape index (κ2) is 11.4. The average Bonchev–Trinajstić information content (AvgIpc) is 2.19. The zero-order valence-electron chi connectivity index (χ0n) is 13.6. The maximum Gasteiger partial charge on any atom is 1.00 e. The molecule has 0 rings (SSSR count). The molecule has 8 nitrogen and oxygen atoms in total. The van der Waals surface area contributed by atoms with E-state index in [1.807, 2.05) is 0 Å². The Morgan fingerprint density at radius 3 is 1.15 bits per heavy atom. The summed E-state index contributed by atoms with van der Waals surface area (Å²) in [7, 11) is -9.29. The van der Waals surface area contributed by atoms with Crippen molar-refractivity contribution < 1.29 is 78.9 Å². The smallest absolute Gasteiger partial charge is 1.00 e. The average molecular weight is 318 g/mol. The molecule has 0 aliphatic heterocycles. The molecule has 0 amide bonds. The van der Waals surface area contributed by atoms with E-state index >= 15 is 0 Å². The van der Waals surface area contributed by atoms with Crippen molar-refractivity contribution in [2.75, 3.05) is 0 Å². The van der Waals surface area contributed by atoms with Gasteiger partial charge in [0, 0.05) is 12.8 Å². The van der Waals surface area contributed by atoms with E-state index in [0.29, 0.717) is 12.8 Å². The molecule has 0 heterocycles. The molecular formula is C8H18Li2O8P2. The van der Waals surface area contributed by atoms with Gasteiger partial charge in [0.05, 0.1) is 0 Å². The van der Waals surface area contributed by atoms with E-state index in [0.717, 1.165) is 0 Å². The molecule has 110 valence electrons. The molecule has 0 saturated heterocycles. The van der Waals surface area contributed by atoms with E-state index < -0.39 is 26.2 Å². The second-order valence-corrected chi connectivity index (χ2v) is 6.96. The van der Waals surface area contributed by atoms with Crippen molar-refractivity contribution in [1.29, 1.82) is 0 Å². The summed E-state index contributed by atoms with van der Waals surface area (Å²) in [5.74, 6) is 0. The van der Waals surface area contributed by atoms with Crippen LogP contribution in [0.15, 0.2) is 0 Å². The summed E-state index contributed by atoms with van der Waals surface area (Å²) in [5.41, 5.74) is -2.23. The van der Waals surface area contributed by atoms with Crippen LogP contribution in [0.2, 0.25) is 0 Å². The minimum atomic E-state index is -4.65. The Balaban J connectivity index is -0.000000241. The summed E-state index contributed by atoms with van der Waals surface area (Å²) in [5, 5.41) is 0. The van der Waals surface area contributed by atoms with E-state index in [9.17, 15) is 18.7 Å². The van der Waals surface area contributed by atoms with Gasteiger partial charge in [-0.3, -0.25) is 18.7 Å². The van der Waals surface area contributed by atoms with Crippen LogP contribution < -0.4 is 37.7 Å². The summed E-state index contributed by atoms with van der Waals surface area (Å²) < 4.78 is 20.9. The molecule has 0 unspecified atom stereocenters. The van der Waals surface area contributed by atoms with Crippen molar-refractivity contribution >= 4 is 26.2 Å². The Morgan fingerprint density at radius 2 is 0.950 bits per heavy atom. The molecule has 12 heteroatoms. The maximum absolute atomic E-state index is 10.8. The number of carbonyl (C=O) groups excluding carboxylic acids is 2. The minimum absolute atomic E-state index is 0. The first-order valence-electron chi connectivity index (χ1n) is 5.23. The number of hydrogen-bond donors (Lipinski definition) is 4. The number of carbonyl (C=O) groups is 2. The Labute approximate surface area is 143 Å². The third kappa shape index (κ3) is 12.6. The molecule has 0 saturated carbocycles. The first-order chi connectivity index (χ1) is 8.05. The molecule has 0 aromatic rings. The SMILES string of the molecule is O=C(CCCCCCC(=O)P(=O)(O)O)P(=O)(O)O.[H-].[H-].[Li+].[Li+]. The van der Waals surface area contributed by atoms with Crippen LogP contribution >= 0.6 is 15.2 Å². The normalized spacial score (nSPS) is 11.2. The molecule has 0 aromatic heterocycles. The topological polar surface area (TPSA) is 149 Å². The number of unbranched alkanes of at least 4 members (excludes halogenated alkanes) is 3. The summed E-state index contributed by atoms with van der Waals surface area (Å²) in [6.07, 6.45) is 0.982. The monoisotopic (exact) mass is 318 g/mol. The molecule has 20 heavy (non-hydrogen) atoms. The fraction of sp³-hybridized carbons (Fsp3) is 0.750. The second-order valence-electron chi connectivity index (χ2n) is 3.79. The van der Waals surface area contributed by atoms with Crippen molar-refractivity contribution in [2.24, 2.45) is 0 Å². The largest absolute Gasteiger partial charge is 1.00 e. The van der Waals surface area contributed by atoms with Crippen molar-refractivity contribution in [3.63, 3.8) is 0 Å². The molecule has 0 bridgehead atoms. The predicted molar refractivity (Wildman–Crippen MR) is 64.0 cm³/mol. The van der Waals surface area contributed by atoms with Crippen molar-refractivity contribution in [3.8, 4) is 0 Å². The van der Waals surface area contributed by atoms with Crippen LogP contribution in [0.1, 0.15) is 41.4 Å². The zero-order valence-corrected chi connectivity index (χ0v) is 13.3. The molecular weight excluding hydrogens is 300 g/mol. The molecule has 0 radical (unpaired) electrons. The van der Waals surface area contributed by atoms with E-state index in [4.69, 9.17) is 19.6 Å². The molecule has 0 fully saturated rings. The van der Waals surface area contributed by atoms with E-state index in [-0.39, 0.29) is 66.3 Å². The van der Waals surface area contributed by atoms with Gasteiger partial charge in [-0.25, -0.2) is 0 Å². The first kappa shape index (κ1) is 25.8. The van der Waals surface area contributed by atoms with E-state index in [1.165, 1.54) is 0 Å². The Kier molecular flexibility index (Phi) is 14.7. The third-order valence-electron chi connectivity index (χ3n) is 2.18. The third-order valence-corrected chi connectivity index (χ3v) is 3.93. The van der Waals surface area contributed by atoms with Crippen LogP contribution in [0, 0.1) is 0 Å². The molecule has 0 aromatic carbocycles. The summed E-state index contributed by atoms with van der Waals surface area (Å²) in [4.78, 5) is 55.6. The molecule has 0 spiro atoms. The van der Waals surface area contributed by atoms with Crippen molar-refractivity contribution in [3.05, 3.63) is 0 Å². The molecule has 4 N–H and O–H groups in total. The molecule has 0 aliphatic rings. The van der Waals surface area contributed by atoms with Gasteiger partial charge in [0.25, 0.3) is 0 Å². The van der Waals surface area contributed by atoms with Crippen molar-refractivity contribution in [1.82, 2.24) is 0 Å². The Bertz CT molecular complexity index is 373. The van der Waals surface area contributed by atoms with Gasteiger partial charge in [-0.1, -0.05) is 12.8 Å². The van der Waals surface area contributed by atoms with Gasteiger partial charge < -0.3 is 22.4 Å². The summed E-state index contributed by atoms with van der Waals surface area (Å²) in [6.45, 7) is 0. The fourth-order valence-electron chi connectivity index (χ4n) is 1.20. The fourth-order valence-corrected chi connectivity index (χ4v) is 2.10. The zero-order chi connectivity index (χ0) is 14.4. The van der Waals surface area contributed by atoms with Crippen LogP contribution in [0.25, 0.3) is 0 Å².